The van der Waals surface area contributed by atoms with Gasteiger partial charge in [-0.25, -0.2) is 0 Å². The molecule has 2 heterocycles. The Morgan fingerprint density at radius 3 is 2.42 bits per heavy atom. The van der Waals surface area contributed by atoms with Gasteiger partial charge in [0.1, 0.15) is 0 Å². The van der Waals surface area contributed by atoms with Crippen LogP contribution in [0.3, 0.4) is 0 Å². The quantitative estimate of drug-likeness (QED) is 0.102. The number of unbranched alkanes of at least 4 members (excludes halogenated alkanes) is 5. The number of benzene rings is 2. The number of carbonyl (C=O) groups is 1. The molecule has 1 amide bonds. The summed E-state index contributed by atoms with van der Waals surface area (Å²) in [5, 5.41) is 7.85. The standard InChI is InChI=1S/C30H39N3O.C5H12N2.C2H6/c1-3-4-5-6-7-8-9-21(2)27-19-23-18-25(12-13-26(23)33-27)32-29(34)30(15-16-30)24-11-10-22-14-17-31-28(22)20-24;1-5(2,3)7-4-6;1-2/h10-13,18-21,31,33H,3-9,14-17H2,1-2H3,(H,32,34);4H,1-3H3,(H2,6,7);1-2H3. The maximum atomic E-state index is 13.3. The molecule has 1 aliphatic heterocycles. The molecule has 0 spiro atoms. The smallest absolute Gasteiger partial charge is 0.235 e. The van der Waals surface area contributed by atoms with Crippen molar-refractivity contribution in [3.05, 3.63) is 59.3 Å². The second-order valence-corrected chi connectivity index (χ2v) is 13.0. The van der Waals surface area contributed by atoms with Crippen LogP contribution in [0.5, 0.6) is 0 Å². The van der Waals surface area contributed by atoms with Crippen LogP contribution < -0.4 is 16.4 Å². The molecule has 1 atom stereocenters. The molecule has 5 N–H and O–H groups in total. The van der Waals surface area contributed by atoms with E-state index in [1.165, 1.54) is 73.6 Å². The van der Waals surface area contributed by atoms with E-state index in [2.05, 4.69) is 70.9 Å². The van der Waals surface area contributed by atoms with Crippen molar-refractivity contribution in [2.24, 2.45) is 10.7 Å². The van der Waals surface area contributed by atoms with E-state index in [4.69, 9.17) is 5.73 Å². The number of amides is 1. The molecule has 5 rings (SSSR count). The molecular weight excluding hydrogens is 530 g/mol. The molecular formula is C37H57N5O. The summed E-state index contributed by atoms with van der Waals surface area (Å²) in [5.74, 6) is 0.650. The van der Waals surface area contributed by atoms with Crippen LogP contribution in [0.2, 0.25) is 0 Å². The first-order valence-corrected chi connectivity index (χ1v) is 16.7. The average molecular weight is 588 g/mol. The van der Waals surface area contributed by atoms with Crippen LogP contribution in [0, 0.1) is 0 Å². The van der Waals surface area contributed by atoms with Crippen molar-refractivity contribution in [3.63, 3.8) is 0 Å². The molecule has 43 heavy (non-hydrogen) atoms. The maximum Gasteiger partial charge on any atom is 0.235 e. The molecule has 1 aliphatic carbocycles. The lowest BCUT2D eigenvalue weighted by atomic mass is 9.93. The van der Waals surface area contributed by atoms with Crippen LogP contribution in [0.15, 0.2) is 47.5 Å². The average Bonchev–Trinajstić information content (AvgIpc) is 3.47. The number of nitrogens with two attached hydrogens (primary N) is 1. The van der Waals surface area contributed by atoms with Crippen molar-refractivity contribution in [2.45, 2.75) is 130 Å². The van der Waals surface area contributed by atoms with Gasteiger partial charge in [0.25, 0.3) is 0 Å². The van der Waals surface area contributed by atoms with Crippen LogP contribution in [0.1, 0.15) is 129 Å². The minimum absolute atomic E-state index is 0.00521. The Morgan fingerprint density at radius 2 is 1.77 bits per heavy atom. The Balaban J connectivity index is 0.000000496. The van der Waals surface area contributed by atoms with Gasteiger partial charge in [-0.1, -0.05) is 78.4 Å². The van der Waals surface area contributed by atoms with Crippen molar-refractivity contribution >= 4 is 34.5 Å². The summed E-state index contributed by atoms with van der Waals surface area (Å²) >= 11 is 0. The monoisotopic (exact) mass is 587 g/mol. The van der Waals surface area contributed by atoms with Gasteiger partial charge in [-0.3, -0.25) is 9.79 Å². The molecule has 0 bridgehead atoms. The van der Waals surface area contributed by atoms with E-state index in [9.17, 15) is 4.79 Å². The van der Waals surface area contributed by atoms with Gasteiger partial charge in [-0.15, -0.1) is 0 Å². The zero-order chi connectivity index (χ0) is 31.5. The molecule has 6 nitrogen and oxygen atoms in total. The molecule has 1 fully saturated rings. The van der Waals surface area contributed by atoms with Crippen molar-refractivity contribution in [2.75, 3.05) is 17.2 Å². The van der Waals surface area contributed by atoms with Gasteiger partial charge in [0, 0.05) is 34.5 Å². The number of aliphatic imine (C=N–C) groups is 1. The highest BCUT2D eigenvalue weighted by Crippen LogP contribution is 2.50. The number of aromatic amines is 1. The Labute approximate surface area is 260 Å². The van der Waals surface area contributed by atoms with Gasteiger partial charge in [0.15, 0.2) is 0 Å². The van der Waals surface area contributed by atoms with E-state index in [1.54, 1.807) is 0 Å². The Kier molecular flexibility index (Phi) is 12.7. The summed E-state index contributed by atoms with van der Waals surface area (Å²) in [5.41, 5.74) is 11.7. The largest absolute Gasteiger partial charge is 0.390 e. The molecule has 6 heteroatoms. The van der Waals surface area contributed by atoms with Crippen LogP contribution in [-0.4, -0.2) is 29.3 Å². The number of carbonyl (C=O) groups excluding carboxylic acids is 1. The summed E-state index contributed by atoms with van der Waals surface area (Å²) < 4.78 is 0. The van der Waals surface area contributed by atoms with Gasteiger partial charge in [-0.05, 0) is 93.8 Å². The number of anilines is 2. The number of hydrogen-bond donors (Lipinski definition) is 4. The van der Waals surface area contributed by atoms with E-state index in [-0.39, 0.29) is 16.9 Å². The highest BCUT2D eigenvalue weighted by Gasteiger charge is 2.51. The van der Waals surface area contributed by atoms with Gasteiger partial charge in [0.05, 0.1) is 17.3 Å². The molecule has 0 saturated heterocycles. The number of fused-ring (bicyclic) bond motifs is 2. The van der Waals surface area contributed by atoms with Crippen molar-refractivity contribution in [1.29, 1.82) is 0 Å². The lowest BCUT2D eigenvalue weighted by Crippen LogP contribution is -2.27. The molecule has 1 unspecified atom stereocenters. The molecule has 1 saturated carbocycles. The second kappa shape index (κ2) is 16.0. The lowest BCUT2D eigenvalue weighted by Gasteiger charge is -2.17. The first-order chi connectivity index (χ1) is 20.6. The number of nitrogens with one attached hydrogen (secondary N) is 3. The zero-order valence-corrected chi connectivity index (χ0v) is 27.9. The Morgan fingerprint density at radius 1 is 1.05 bits per heavy atom. The highest BCUT2D eigenvalue weighted by atomic mass is 16.2. The number of hydrogen-bond acceptors (Lipinski definition) is 3. The van der Waals surface area contributed by atoms with Crippen molar-refractivity contribution < 1.29 is 4.79 Å². The van der Waals surface area contributed by atoms with Crippen LogP contribution in [0.4, 0.5) is 11.4 Å². The first-order valence-electron chi connectivity index (χ1n) is 16.7. The fourth-order valence-corrected chi connectivity index (χ4v) is 5.72. The zero-order valence-electron chi connectivity index (χ0n) is 27.9. The van der Waals surface area contributed by atoms with Gasteiger partial charge < -0.3 is 21.4 Å². The van der Waals surface area contributed by atoms with E-state index in [0.29, 0.717) is 5.92 Å². The molecule has 0 radical (unpaired) electrons. The number of rotatable bonds is 11. The molecule has 2 aliphatic rings. The van der Waals surface area contributed by atoms with Crippen molar-refractivity contribution in [1.82, 2.24) is 4.98 Å². The lowest BCUT2D eigenvalue weighted by molar-refractivity contribution is -0.118. The number of H-pyrrole nitrogens is 1. The van der Waals surface area contributed by atoms with Gasteiger partial charge >= 0.3 is 0 Å². The maximum absolute atomic E-state index is 13.3. The number of aromatic nitrogens is 1. The summed E-state index contributed by atoms with van der Waals surface area (Å²) in [6.07, 6.45) is 13.5. The predicted octanol–water partition coefficient (Wildman–Crippen LogP) is 9.46. The summed E-state index contributed by atoms with van der Waals surface area (Å²) in [4.78, 5) is 20.8. The molecule has 2 aromatic carbocycles. The fraction of sp³-hybridized carbons (Fsp3) is 0.568. The number of nitrogens with zero attached hydrogens (tertiary/aromatic N) is 1. The fourth-order valence-electron chi connectivity index (χ4n) is 5.72. The van der Waals surface area contributed by atoms with Crippen LogP contribution in [0.25, 0.3) is 10.9 Å². The Bertz CT molecular complexity index is 1330. The third-order valence-electron chi connectivity index (χ3n) is 8.44. The molecule has 1 aromatic heterocycles. The first kappa shape index (κ1) is 34.2. The minimum Gasteiger partial charge on any atom is -0.390 e. The summed E-state index contributed by atoms with van der Waals surface area (Å²) in [6.45, 7) is 15.6. The Hall–Kier alpha value is -3.28. The molecule has 236 valence electrons. The molecule has 3 aromatic rings. The van der Waals surface area contributed by atoms with Crippen molar-refractivity contribution in [3.8, 4) is 0 Å². The van der Waals surface area contributed by atoms with Gasteiger partial charge in [0.2, 0.25) is 5.91 Å². The van der Waals surface area contributed by atoms with Crippen LogP contribution in [-0.2, 0) is 16.6 Å². The summed E-state index contributed by atoms with van der Waals surface area (Å²) in [7, 11) is 0. The normalized spacial score (nSPS) is 15.5. The highest BCUT2D eigenvalue weighted by molar-refractivity contribution is 6.02. The third-order valence-corrected chi connectivity index (χ3v) is 8.44. The van der Waals surface area contributed by atoms with E-state index in [0.717, 1.165) is 42.6 Å². The predicted molar refractivity (Wildman–Crippen MR) is 187 cm³/mol. The van der Waals surface area contributed by atoms with Crippen LogP contribution >= 0.6 is 0 Å². The SMILES string of the molecule is CC.CC(C)(C)N=CN.CCCCCCCCC(C)c1cc2cc(NC(=O)C3(c4ccc5c(c4)NCC5)CC3)ccc2[nH]1. The second-order valence-electron chi connectivity index (χ2n) is 13.0. The van der Waals surface area contributed by atoms with E-state index < -0.39 is 0 Å². The van der Waals surface area contributed by atoms with E-state index >= 15 is 0 Å². The third kappa shape index (κ3) is 9.61. The summed E-state index contributed by atoms with van der Waals surface area (Å²) in [6, 6.07) is 15.1. The van der Waals surface area contributed by atoms with Gasteiger partial charge in [-0.2, -0.15) is 0 Å². The van der Waals surface area contributed by atoms with E-state index in [1.807, 2.05) is 40.7 Å². The topological polar surface area (TPSA) is 95.3 Å². The minimum atomic E-state index is -0.372.